The van der Waals surface area contributed by atoms with Gasteiger partial charge in [0.05, 0.1) is 23.7 Å². The summed E-state index contributed by atoms with van der Waals surface area (Å²) in [4.78, 5) is 27.0. The van der Waals surface area contributed by atoms with Gasteiger partial charge in [0.25, 0.3) is 5.91 Å². The van der Waals surface area contributed by atoms with Crippen LogP contribution in [-0.4, -0.2) is 56.6 Å². The van der Waals surface area contributed by atoms with E-state index in [-0.39, 0.29) is 38.3 Å². The number of pyridine rings is 2. The van der Waals surface area contributed by atoms with Crippen molar-refractivity contribution < 1.29 is 23.4 Å². The number of aliphatic hydroxyl groups excluding tert-OH is 1. The molecule has 4 heterocycles. The number of halogens is 1. The van der Waals surface area contributed by atoms with Gasteiger partial charge in [0.15, 0.2) is 23.7 Å². The van der Waals surface area contributed by atoms with Crippen LogP contribution in [0.5, 0.6) is 5.75 Å². The van der Waals surface area contributed by atoms with Crippen LogP contribution in [0.15, 0.2) is 65.8 Å². The van der Waals surface area contributed by atoms with Gasteiger partial charge >= 0.3 is 0 Å². The molecule has 0 aliphatic carbocycles. The van der Waals surface area contributed by atoms with Crippen molar-refractivity contribution in [2.75, 3.05) is 25.0 Å². The van der Waals surface area contributed by atoms with Crippen molar-refractivity contribution in [2.45, 2.75) is 32.6 Å². The highest BCUT2D eigenvalue weighted by molar-refractivity contribution is 7.59. The highest BCUT2D eigenvalue weighted by Gasteiger charge is 2.22. The molecule has 0 saturated heterocycles. The summed E-state index contributed by atoms with van der Waals surface area (Å²) < 4.78 is 25.6. The highest BCUT2D eigenvalue weighted by Crippen LogP contribution is 2.28. The summed E-state index contributed by atoms with van der Waals surface area (Å²) in [5, 5.41) is 16.5. The Balaban J connectivity index is 0.00000370. The number of carbonyl (C=O) groups excluding carboxylic acids is 1. The normalized spacial score (nSPS) is 13.6. The first-order valence-corrected chi connectivity index (χ1v) is 12.6. The number of aliphatic hydroxyl groups is 1. The number of fused-ring (bicyclic) bond motifs is 1. The maximum atomic E-state index is 14.7. The topological polar surface area (TPSA) is 126 Å². The van der Waals surface area contributed by atoms with Crippen LogP contribution >= 0.6 is 13.5 Å². The summed E-state index contributed by atoms with van der Waals surface area (Å²) in [6, 6.07) is 10.1. The lowest BCUT2D eigenvalue weighted by atomic mass is 9.99. The minimum absolute atomic E-state index is 0. The molecule has 1 aliphatic heterocycles. The number of ether oxygens (including phenoxy) is 1. The van der Waals surface area contributed by atoms with Crippen molar-refractivity contribution in [1.82, 2.24) is 25.2 Å². The second-order valence-corrected chi connectivity index (χ2v) is 9.35. The van der Waals surface area contributed by atoms with E-state index in [9.17, 15) is 14.3 Å². The fourth-order valence-corrected chi connectivity index (χ4v) is 4.39. The van der Waals surface area contributed by atoms with Crippen molar-refractivity contribution in [3.8, 4) is 5.75 Å². The average Bonchev–Trinajstić information content (AvgIpc) is 3.35. The van der Waals surface area contributed by atoms with Gasteiger partial charge in [0.1, 0.15) is 12.4 Å². The molecule has 4 aromatic rings. The van der Waals surface area contributed by atoms with Crippen LogP contribution in [0.3, 0.4) is 0 Å². The van der Waals surface area contributed by atoms with E-state index in [1.54, 1.807) is 49.8 Å². The van der Waals surface area contributed by atoms with Crippen molar-refractivity contribution in [3.05, 3.63) is 95.3 Å². The van der Waals surface area contributed by atoms with E-state index in [4.69, 9.17) is 9.15 Å². The van der Waals surface area contributed by atoms with Gasteiger partial charge in [-0.05, 0) is 60.9 Å². The zero-order valence-electron chi connectivity index (χ0n) is 21.9. The Hall–Kier alpha value is -4.00. The lowest BCUT2D eigenvalue weighted by Crippen LogP contribution is -2.42. The first-order valence-electron chi connectivity index (χ1n) is 12.6. The molecule has 1 amide bonds. The summed E-state index contributed by atoms with van der Waals surface area (Å²) >= 11 is 0. The number of hydrogen-bond donors (Lipinski definition) is 3. The number of aromatic nitrogens is 3. The minimum atomic E-state index is -0.789. The van der Waals surface area contributed by atoms with E-state index in [0.29, 0.717) is 48.9 Å². The molecule has 10 nitrogen and oxygen atoms in total. The Morgan fingerprint density at radius 2 is 2.10 bits per heavy atom. The Bertz CT molecular complexity index is 1440. The predicted molar refractivity (Wildman–Crippen MR) is 151 cm³/mol. The molecule has 0 spiro atoms. The number of hydrogen-bond acceptors (Lipinski definition) is 9. The molecular weight excluding hydrogens is 535 g/mol. The second kappa shape index (κ2) is 13.4. The largest absolute Gasteiger partial charge is 0.482 e. The lowest BCUT2D eigenvalue weighted by Gasteiger charge is -2.30. The van der Waals surface area contributed by atoms with Gasteiger partial charge in [-0.3, -0.25) is 14.7 Å². The average molecular weight is 567 g/mol. The Morgan fingerprint density at radius 3 is 2.88 bits per heavy atom. The quantitative estimate of drug-likeness (QED) is 0.264. The number of amides is 1. The number of oxazole rings is 1. The van der Waals surface area contributed by atoms with Gasteiger partial charge in [-0.25, -0.2) is 14.4 Å². The van der Waals surface area contributed by atoms with Gasteiger partial charge in [-0.1, -0.05) is 0 Å². The third-order valence-corrected chi connectivity index (χ3v) is 6.47. The molecule has 210 valence electrons. The van der Waals surface area contributed by atoms with E-state index in [0.717, 1.165) is 16.8 Å². The maximum absolute atomic E-state index is 14.7. The Labute approximate surface area is 238 Å². The van der Waals surface area contributed by atoms with Gasteiger partial charge in [-0.2, -0.15) is 13.5 Å². The number of benzene rings is 1. The van der Waals surface area contributed by atoms with Gasteiger partial charge < -0.3 is 24.9 Å². The van der Waals surface area contributed by atoms with Crippen molar-refractivity contribution in [2.24, 2.45) is 0 Å². The second-order valence-electron chi connectivity index (χ2n) is 9.35. The molecule has 1 aromatic carbocycles. The number of anilines is 2. The number of carbonyl (C=O) groups is 1. The molecule has 1 aliphatic rings. The van der Waals surface area contributed by atoms with Crippen LogP contribution in [0.4, 0.5) is 15.9 Å². The number of aryl methyl sites for hydroxylation is 1. The molecule has 0 radical (unpaired) electrons. The predicted octanol–water partition coefficient (Wildman–Crippen LogP) is 3.50. The fourth-order valence-electron chi connectivity index (χ4n) is 4.39. The molecule has 1 atom stereocenters. The molecule has 3 aromatic heterocycles. The SMILES string of the molecule is Cc1ncoc1COc1cc2c(cc1F)CN(C[C@@H](O)CNC(=O)c1ccnc(Nc3cccnc3)c1)CC2.S. The molecule has 3 N–H and O–H groups in total. The smallest absolute Gasteiger partial charge is 0.251 e. The Kier molecular flexibility index (Phi) is 9.70. The van der Waals surface area contributed by atoms with Crippen LogP contribution < -0.4 is 15.4 Å². The minimum Gasteiger partial charge on any atom is -0.482 e. The standard InChI is InChI=1S/C28H29FN6O4.H2S/c1-18-26(39-17-33-18)16-38-25-10-19-5-8-35(14-21(19)9-24(25)29)15-23(36)13-32-28(37)20-4-7-31-27(11-20)34-22-3-2-6-30-12-22;/h2-4,6-7,9-12,17,23,36H,5,8,13-16H2,1H3,(H,31,34)(H,32,37);1H2/t23-;/m0./s1. The van der Waals surface area contributed by atoms with Gasteiger partial charge in [-0.15, -0.1) is 0 Å². The molecular formula is C28H31FN6O4S. The molecule has 5 rings (SSSR count). The zero-order chi connectivity index (χ0) is 27.2. The summed E-state index contributed by atoms with van der Waals surface area (Å²) in [6.07, 6.45) is 6.11. The van der Waals surface area contributed by atoms with Crippen molar-refractivity contribution in [3.63, 3.8) is 0 Å². The number of β-amino-alcohol motifs (C(OH)–C–C–N with tert-alkyl or cyclic N) is 1. The third-order valence-electron chi connectivity index (χ3n) is 6.47. The summed E-state index contributed by atoms with van der Waals surface area (Å²) in [5.74, 6) is 0.484. The zero-order valence-corrected chi connectivity index (χ0v) is 22.9. The van der Waals surface area contributed by atoms with E-state index in [1.807, 2.05) is 11.0 Å². The summed E-state index contributed by atoms with van der Waals surface area (Å²) in [7, 11) is 0. The molecule has 0 saturated carbocycles. The number of nitrogens with one attached hydrogen (secondary N) is 2. The van der Waals surface area contributed by atoms with Crippen LogP contribution in [0, 0.1) is 12.7 Å². The Morgan fingerprint density at radius 1 is 1.23 bits per heavy atom. The first-order chi connectivity index (χ1) is 18.9. The van der Waals surface area contributed by atoms with Crippen molar-refractivity contribution in [1.29, 1.82) is 0 Å². The highest BCUT2D eigenvalue weighted by atomic mass is 32.1. The van der Waals surface area contributed by atoms with E-state index < -0.39 is 11.9 Å². The first kappa shape index (κ1) is 29.0. The van der Waals surface area contributed by atoms with E-state index >= 15 is 0 Å². The van der Waals surface area contributed by atoms with Crippen LogP contribution in [0.1, 0.15) is 32.9 Å². The number of nitrogens with zero attached hydrogens (tertiary/aromatic N) is 4. The van der Waals surface area contributed by atoms with Crippen LogP contribution in [-0.2, 0) is 19.6 Å². The molecule has 0 unspecified atom stereocenters. The fraction of sp³-hybridized carbons (Fsp3) is 0.286. The van der Waals surface area contributed by atoms with Gasteiger partial charge in [0, 0.05) is 44.1 Å². The van der Waals surface area contributed by atoms with E-state index in [2.05, 4.69) is 25.6 Å². The summed E-state index contributed by atoms with van der Waals surface area (Å²) in [6.45, 7) is 3.52. The van der Waals surface area contributed by atoms with Crippen LogP contribution in [0.2, 0.25) is 0 Å². The lowest BCUT2D eigenvalue weighted by molar-refractivity contribution is 0.0841. The molecule has 0 fully saturated rings. The number of rotatable bonds is 10. The molecule has 12 heteroatoms. The monoisotopic (exact) mass is 566 g/mol. The van der Waals surface area contributed by atoms with E-state index in [1.165, 1.54) is 12.5 Å². The van der Waals surface area contributed by atoms with Crippen molar-refractivity contribution >= 4 is 30.9 Å². The molecule has 40 heavy (non-hydrogen) atoms. The van der Waals surface area contributed by atoms with Gasteiger partial charge in [0.2, 0.25) is 0 Å². The maximum Gasteiger partial charge on any atom is 0.251 e. The summed E-state index contributed by atoms with van der Waals surface area (Å²) in [5.41, 5.74) is 3.74. The molecule has 0 bridgehead atoms. The third kappa shape index (κ3) is 7.34. The van der Waals surface area contributed by atoms with Crippen LogP contribution in [0.25, 0.3) is 0 Å².